The van der Waals surface area contributed by atoms with Gasteiger partial charge in [0.15, 0.2) is 16.7 Å². The largest absolute Gasteiger partial charge is 0.490 e. The summed E-state index contributed by atoms with van der Waals surface area (Å²) in [6.07, 6.45) is 1.70. The van der Waals surface area contributed by atoms with Gasteiger partial charge in [-0.3, -0.25) is 9.59 Å². The topological polar surface area (TPSA) is 77.0 Å². The summed E-state index contributed by atoms with van der Waals surface area (Å²) in [6, 6.07) is 12.9. The van der Waals surface area contributed by atoms with Gasteiger partial charge in [-0.15, -0.1) is 0 Å². The highest BCUT2D eigenvalue weighted by Crippen LogP contribution is 2.33. The number of nitrogens with zero attached hydrogens (tertiary/aromatic N) is 1. The van der Waals surface area contributed by atoms with E-state index in [2.05, 4.69) is 10.3 Å². The minimum atomic E-state index is -0.391. The summed E-state index contributed by atoms with van der Waals surface area (Å²) in [7, 11) is 0. The first kappa shape index (κ1) is 21.0. The highest BCUT2D eigenvalue weighted by molar-refractivity contribution is 8.18. The fourth-order valence-electron chi connectivity index (χ4n) is 2.55. The predicted octanol–water partition coefficient (Wildman–Crippen LogP) is 4.42. The number of thioether (sulfide) groups is 1. The summed E-state index contributed by atoms with van der Waals surface area (Å²) in [5.41, 5.74) is 1.71. The number of carbonyl (C=O) groups is 2. The number of amidine groups is 1. The second-order valence-electron chi connectivity index (χ2n) is 6.07. The molecule has 2 aromatic carbocycles. The summed E-state index contributed by atoms with van der Waals surface area (Å²) >= 11 is 7.13. The number of halogens is 1. The van der Waals surface area contributed by atoms with Crippen molar-refractivity contribution in [2.24, 2.45) is 4.99 Å². The summed E-state index contributed by atoms with van der Waals surface area (Å²) in [4.78, 5) is 27.4. The van der Waals surface area contributed by atoms with E-state index in [1.807, 2.05) is 37.3 Å². The summed E-state index contributed by atoms with van der Waals surface area (Å²) in [5, 5.41) is 3.45. The Morgan fingerprint density at radius 2 is 2.03 bits per heavy atom. The highest BCUT2D eigenvalue weighted by Gasteiger charge is 2.22. The number of hydrogen-bond acceptors (Lipinski definition) is 5. The number of carbonyl (C=O) groups excluding carboxylic acids is 2. The second-order valence-corrected chi connectivity index (χ2v) is 7.54. The Morgan fingerprint density at radius 1 is 1.21 bits per heavy atom. The number of aliphatic imine (C=N–C) groups is 1. The van der Waals surface area contributed by atoms with Crippen LogP contribution in [0.25, 0.3) is 6.08 Å². The van der Waals surface area contributed by atoms with Crippen LogP contribution in [0.2, 0.25) is 5.02 Å². The van der Waals surface area contributed by atoms with Crippen LogP contribution in [0.4, 0.5) is 0 Å². The van der Waals surface area contributed by atoms with Crippen LogP contribution >= 0.6 is 23.4 Å². The van der Waals surface area contributed by atoms with Crippen LogP contribution in [0.3, 0.4) is 0 Å². The molecule has 3 rings (SSSR count). The number of hydrogen-bond donors (Lipinski definition) is 1. The Balaban J connectivity index is 1.75. The van der Waals surface area contributed by atoms with Crippen LogP contribution in [-0.2, 0) is 16.2 Å². The lowest BCUT2D eigenvalue weighted by Gasteiger charge is -2.13. The molecule has 0 radical (unpaired) electrons. The van der Waals surface area contributed by atoms with Crippen molar-refractivity contribution in [3.05, 3.63) is 63.5 Å². The fraction of sp³-hybridized carbons (Fsp3) is 0.190. The second kappa shape index (κ2) is 9.62. The average molecular weight is 431 g/mol. The van der Waals surface area contributed by atoms with Crippen molar-refractivity contribution in [1.82, 2.24) is 5.32 Å². The van der Waals surface area contributed by atoms with Gasteiger partial charge in [-0.2, -0.15) is 4.99 Å². The minimum Gasteiger partial charge on any atom is -0.490 e. The molecule has 2 amide bonds. The molecule has 0 saturated heterocycles. The number of benzene rings is 2. The monoisotopic (exact) mass is 430 g/mol. The van der Waals surface area contributed by atoms with Crippen LogP contribution in [0, 0.1) is 0 Å². The maximum Gasteiger partial charge on any atom is 0.286 e. The Hall–Kier alpha value is -2.77. The Labute approximate surface area is 177 Å². The fourth-order valence-corrected chi connectivity index (χ4v) is 3.63. The van der Waals surface area contributed by atoms with E-state index in [1.54, 1.807) is 18.2 Å². The van der Waals surface area contributed by atoms with Gasteiger partial charge in [0.2, 0.25) is 5.91 Å². The Morgan fingerprint density at radius 3 is 2.76 bits per heavy atom. The molecule has 8 heteroatoms. The molecule has 2 aromatic rings. The molecule has 150 valence electrons. The van der Waals surface area contributed by atoms with Gasteiger partial charge in [0.25, 0.3) is 5.91 Å². The van der Waals surface area contributed by atoms with Gasteiger partial charge in [-0.25, -0.2) is 0 Å². The molecule has 1 N–H and O–H groups in total. The third-order valence-corrected chi connectivity index (χ3v) is 4.89. The molecule has 0 aliphatic carbocycles. The molecule has 1 aliphatic rings. The Kier molecular flexibility index (Phi) is 6.95. The van der Waals surface area contributed by atoms with Crippen molar-refractivity contribution in [2.45, 2.75) is 20.5 Å². The van der Waals surface area contributed by atoms with E-state index >= 15 is 0 Å². The molecule has 0 spiro atoms. The van der Waals surface area contributed by atoms with E-state index in [0.29, 0.717) is 34.6 Å². The molecular formula is C21H19ClN2O4S. The van der Waals surface area contributed by atoms with Gasteiger partial charge >= 0.3 is 0 Å². The van der Waals surface area contributed by atoms with Crippen molar-refractivity contribution in [3.63, 3.8) is 0 Å². The molecular weight excluding hydrogens is 412 g/mol. The first-order valence-corrected chi connectivity index (χ1v) is 10.1. The van der Waals surface area contributed by atoms with E-state index in [-0.39, 0.29) is 11.1 Å². The third-order valence-electron chi connectivity index (χ3n) is 3.75. The Bertz CT molecular complexity index is 1000. The van der Waals surface area contributed by atoms with Gasteiger partial charge in [0.05, 0.1) is 11.5 Å². The van der Waals surface area contributed by atoms with Gasteiger partial charge in [0.1, 0.15) is 6.61 Å². The summed E-state index contributed by atoms with van der Waals surface area (Å²) in [6.45, 7) is 4.07. The molecule has 1 aliphatic heterocycles. The van der Waals surface area contributed by atoms with Crippen LogP contribution < -0.4 is 14.8 Å². The first-order chi connectivity index (χ1) is 13.9. The van der Waals surface area contributed by atoms with E-state index in [1.165, 1.54) is 6.92 Å². The lowest BCUT2D eigenvalue weighted by atomic mass is 10.2. The van der Waals surface area contributed by atoms with Crippen molar-refractivity contribution in [2.75, 3.05) is 6.61 Å². The van der Waals surface area contributed by atoms with Crippen LogP contribution in [0.15, 0.2) is 52.4 Å². The molecule has 29 heavy (non-hydrogen) atoms. The maximum absolute atomic E-state index is 12.0. The number of amides is 2. The smallest absolute Gasteiger partial charge is 0.286 e. The average Bonchev–Trinajstić information content (AvgIpc) is 2.99. The minimum absolute atomic E-state index is 0.273. The van der Waals surface area contributed by atoms with Crippen LogP contribution in [-0.4, -0.2) is 23.6 Å². The predicted molar refractivity (Wildman–Crippen MR) is 115 cm³/mol. The normalized spacial score (nSPS) is 14.7. The van der Waals surface area contributed by atoms with Crippen molar-refractivity contribution in [3.8, 4) is 11.5 Å². The van der Waals surface area contributed by atoms with E-state index in [0.717, 1.165) is 22.9 Å². The van der Waals surface area contributed by atoms with Gasteiger partial charge in [-0.1, -0.05) is 29.8 Å². The molecule has 0 atom stereocenters. The molecule has 0 aromatic heterocycles. The van der Waals surface area contributed by atoms with E-state index < -0.39 is 5.91 Å². The van der Waals surface area contributed by atoms with E-state index in [4.69, 9.17) is 21.1 Å². The van der Waals surface area contributed by atoms with Crippen LogP contribution in [0.1, 0.15) is 25.0 Å². The molecule has 6 nitrogen and oxygen atoms in total. The number of nitrogens with one attached hydrogen (secondary N) is 1. The lowest BCUT2D eigenvalue weighted by molar-refractivity contribution is -0.117. The lowest BCUT2D eigenvalue weighted by Crippen LogP contribution is -2.23. The van der Waals surface area contributed by atoms with Crippen LogP contribution in [0.5, 0.6) is 11.5 Å². The zero-order valence-corrected chi connectivity index (χ0v) is 17.5. The van der Waals surface area contributed by atoms with Crippen molar-refractivity contribution in [1.29, 1.82) is 0 Å². The first-order valence-electron chi connectivity index (χ1n) is 8.89. The summed E-state index contributed by atoms with van der Waals surface area (Å²) < 4.78 is 11.6. The third kappa shape index (κ3) is 5.85. The quantitative estimate of drug-likeness (QED) is 0.686. The molecule has 0 saturated carbocycles. The molecule has 0 bridgehead atoms. The summed E-state index contributed by atoms with van der Waals surface area (Å²) in [5.74, 6) is 0.500. The maximum atomic E-state index is 12.0. The molecule has 1 heterocycles. The highest BCUT2D eigenvalue weighted by atomic mass is 35.5. The molecule has 0 unspecified atom stereocenters. The van der Waals surface area contributed by atoms with E-state index in [9.17, 15) is 9.59 Å². The standard InChI is InChI=1S/C21H19ClN2O4S/c1-3-27-18-10-14(11-19-20(26)24-21(29-19)23-13(2)25)7-8-17(18)28-12-15-5-4-6-16(22)9-15/h4-11H,3,12H2,1-2H3,(H,23,24,25,26)/b19-11+. The van der Waals surface area contributed by atoms with Gasteiger partial charge in [-0.05, 0) is 60.2 Å². The van der Waals surface area contributed by atoms with Gasteiger partial charge < -0.3 is 14.8 Å². The van der Waals surface area contributed by atoms with Gasteiger partial charge in [0, 0.05) is 11.9 Å². The number of ether oxygens (including phenoxy) is 2. The SMILES string of the molecule is CCOc1cc(/C=C2/SC(NC(C)=O)=NC2=O)ccc1OCc1cccc(Cl)c1. The van der Waals surface area contributed by atoms with Crippen molar-refractivity contribution < 1.29 is 19.1 Å². The number of rotatable bonds is 6. The zero-order chi connectivity index (χ0) is 20.8. The zero-order valence-electron chi connectivity index (χ0n) is 15.9. The van der Waals surface area contributed by atoms with Crippen molar-refractivity contribution >= 4 is 46.4 Å². The molecule has 0 fully saturated rings.